The fraction of sp³-hybridized carbons (Fsp3) is 0.367. The molecular formula is C30H35NO3. The molecule has 1 fully saturated rings. The molecule has 0 atom stereocenters. The minimum absolute atomic E-state index is 0.230. The van der Waals surface area contributed by atoms with Crippen LogP contribution >= 0.6 is 0 Å². The van der Waals surface area contributed by atoms with Gasteiger partial charge in [-0.2, -0.15) is 0 Å². The summed E-state index contributed by atoms with van der Waals surface area (Å²) in [5, 5.41) is 8.87. The first kappa shape index (κ1) is 24.0. The lowest BCUT2D eigenvalue weighted by atomic mass is 9.89. The third-order valence-corrected chi connectivity index (χ3v) is 6.91. The second-order valence-electron chi connectivity index (χ2n) is 9.33. The Morgan fingerprint density at radius 2 is 1.71 bits per heavy atom. The summed E-state index contributed by atoms with van der Waals surface area (Å²) >= 11 is 0. The topological polar surface area (TPSA) is 49.8 Å². The van der Waals surface area contributed by atoms with E-state index in [2.05, 4.69) is 85.5 Å². The van der Waals surface area contributed by atoms with Gasteiger partial charge in [-0.05, 0) is 85.1 Å². The number of rotatable bonds is 9. The SMILES string of the molecule is CCc1cc(OCc2ccc(C3CCN(CCC(=O)O)CC3)cc2)ccc1-c1ccc(C)cc1. The number of carboxylic acid groups (broad SMARTS) is 1. The van der Waals surface area contributed by atoms with Crippen LogP contribution in [0.3, 0.4) is 0 Å². The maximum atomic E-state index is 10.8. The Labute approximate surface area is 203 Å². The number of hydrogen-bond acceptors (Lipinski definition) is 3. The van der Waals surface area contributed by atoms with Crippen molar-refractivity contribution < 1.29 is 14.6 Å². The molecular weight excluding hydrogens is 422 g/mol. The van der Waals surface area contributed by atoms with Crippen molar-refractivity contribution in [3.05, 3.63) is 89.0 Å². The number of benzene rings is 3. The Hall–Kier alpha value is -3.11. The molecule has 4 nitrogen and oxygen atoms in total. The van der Waals surface area contributed by atoms with E-state index >= 15 is 0 Å². The summed E-state index contributed by atoms with van der Waals surface area (Å²) in [6.07, 6.45) is 3.36. The largest absolute Gasteiger partial charge is 0.489 e. The van der Waals surface area contributed by atoms with E-state index < -0.39 is 5.97 Å². The van der Waals surface area contributed by atoms with Crippen molar-refractivity contribution in [2.24, 2.45) is 0 Å². The number of carbonyl (C=O) groups is 1. The van der Waals surface area contributed by atoms with Crippen LogP contribution in [0.1, 0.15) is 54.4 Å². The van der Waals surface area contributed by atoms with Crippen molar-refractivity contribution >= 4 is 5.97 Å². The van der Waals surface area contributed by atoms with Crippen LogP contribution in [0.2, 0.25) is 0 Å². The highest BCUT2D eigenvalue weighted by molar-refractivity contribution is 5.68. The molecule has 178 valence electrons. The molecule has 3 aromatic rings. The minimum atomic E-state index is -0.715. The summed E-state index contributed by atoms with van der Waals surface area (Å²) < 4.78 is 6.14. The first-order valence-electron chi connectivity index (χ1n) is 12.4. The molecule has 0 aromatic heterocycles. The normalized spacial score (nSPS) is 14.8. The predicted molar refractivity (Wildman–Crippen MR) is 137 cm³/mol. The van der Waals surface area contributed by atoms with E-state index in [1.807, 2.05) is 0 Å². The van der Waals surface area contributed by atoms with Gasteiger partial charge in [-0.15, -0.1) is 0 Å². The molecule has 0 bridgehead atoms. The smallest absolute Gasteiger partial charge is 0.304 e. The van der Waals surface area contributed by atoms with Crippen LogP contribution < -0.4 is 4.74 Å². The van der Waals surface area contributed by atoms with Crippen LogP contribution in [0, 0.1) is 6.92 Å². The van der Waals surface area contributed by atoms with Gasteiger partial charge in [0.2, 0.25) is 0 Å². The van der Waals surface area contributed by atoms with Gasteiger partial charge in [0.25, 0.3) is 0 Å². The van der Waals surface area contributed by atoms with Crippen molar-refractivity contribution in [1.29, 1.82) is 0 Å². The van der Waals surface area contributed by atoms with Gasteiger partial charge in [0.05, 0.1) is 6.42 Å². The van der Waals surface area contributed by atoms with Crippen LogP contribution in [0.5, 0.6) is 5.75 Å². The lowest BCUT2D eigenvalue weighted by molar-refractivity contribution is -0.137. The lowest BCUT2D eigenvalue weighted by Crippen LogP contribution is -2.34. The zero-order chi connectivity index (χ0) is 23.9. The number of hydrogen-bond donors (Lipinski definition) is 1. The van der Waals surface area contributed by atoms with Crippen molar-refractivity contribution in [1.82, 2.24) is 4.90 Å². The maximum absolute atomic E-state index is 10.8. The lowest BCUT2D eigenvalue weighted by Gasteiger charge is -2.31. The van der Waals surface area contributed by atoms with E-state index in [1.165, 1.54) is 33.4 Å². The molecule has 0 unspecified atom stereocenters. The van der Waals surface area contributed by atoms with Gasteiger partial charge in [-0.1, -0.05) is 67.1 Å². The molecule has 0 aliphatic carbocycles. The second-order valence-corrected chi connectivity index (χ2v) is 9.33. The number of ether oxygens (including phenoxy) is 1. The van der Waals surface area contributed by atoms with Crippen LogP contribution in [0.25, 0.3) is 11.1 Å². The van der Waals surface area contributed by atoms with Gasteiger partial charge >= 0.3 is 5.97 Å². The molecule has 0 amide bonds. The summed E-state index contributed by atoms with van der Waals surface area (Å²) in [6.45, 7) is 7.46. The van der Waals surface area contributed by atoms with E-state index in [0.29, 0.717) is 19.1 Å². The van der Waals surface area contributed by atoms with E-state index in [1.54, 1.807) is 0 Å². The van der Waals surface area contributed by atoms with Gasteiger partial charge in [0.1, 0.15) is 12.4 Å². The molecule has 34 heavy (non-hydrogen) atoms. The second kappa shape index (κ2) is 11.3. The van der Waals surface area contributed by atoms with E-state index in [4.69, 9.17) is 9.84 Å². The van der Waals surface area contributed by atoms with Crippen molar-refractivity contribution in [3.63, 3.8) is 0 Å². The zero-order valence-electron chi connectivity index (χ0n) is 20.3. The Morgan fingerprint density at radius 1 is 1.00 bits per heavy atom. The minimum Gasteiger partial charge on any atom is -0.489 e. The van der Waals surface area contributed by atoms with Crippen molar-refractivity contribution in [2.45, 2.75) is 52.1 Å². The highest BCUT2D eigenvalue weighted by atomic mass is 16.5. The number of piperidine rings is 1. The third kappa shape index (κ3) is 6.27. The molecule has 4 rings (SSSR count). The number of likely N-dealkylation sites (tertiary alicyclic amines) is 1. The fourth-order valence-corrected chi connectivity index (χ4v) is 4.76. The predicted octanol–water partition coefficient (Wildman–Crippen LogP) is 6.46. The highest BCUT2D eigenvalue weighted by Crippen LogP contribution is 2.30. The van der Waals surface area contributed by atoms with Crippen LogP contribution in [-0.2, 0) is 17.8 Å². The summed E-state index contributed by atoms with van der Waals surface area (Å²) in [5.41, 5.74) is 7.63. The molecule has 1 saturated heterocycles. The van der Waals surface area contributed by atoms with Crippen LogP contribution in [0.4, 0.5) is 0 Å². The molecule has 1 aliphatic heterocycles. The molecule has 0 saturated carbocycles. The van der Waals surface area contributed by atoms with Gasteiger partial charge < -0.3 is 14.7 Å². The van der Waals surface area contributed by atoms with Gasteiger partial charge in [-0.25, -0.2) is 0 Å². The number of aryl methyl sites for hydroxylation is 2. The van der Waals surface area contributed by atoms with Crippen LogP contribution in [0.15, 0.2) is 66.7 Å². The van der Waals surface area contributed by atoms with Gasteiger partial charge in [0.15, 0.2) is 0 Å². The quantitative estimate of drug-likeness (QED) is 0.401. The molecule has 4 heteroatoms. The molecule has 1 heterocycles. The Balaban J connectivity index is 1.32. The fourth-order valence-electron chi connectivity index (χ4n) is 4.76. The van der Waals surface area contributed by atoms with E-state index in [0.717, 1.165) is 38.1 Å². The van der Waals surface area contributed by atoms with E-state index in [9.17, 15) is 4.79 Å². The monoisotopic (exact) mass is 457 g/mol. The summed E-state index contributed by atoms with van der Waals surface area (Å²) in [4.78, 5) is 13.0. The first-order chi connectivity index (χ1) is 16.5. The number of nitrogens with zero attached hydrogens (tertiary/aromatic N) is 1. The Morgan fingerprint density at radius 3 is 2.35 bits per heavy atom. The Kier molecular flexibility index (Phi) is 8.02. The highest BCUT2D eigenvalue weighted by Gasteiger charge is 2.20. The molecule has 0 spiro atoms. The molecule has 0 radical (unpaired) electrons. The van der Waals surface area contributed by atoms with Gasteiger partial charge in [-0.3, -0.25) is 4.79 Å². The third-order valence-electron chi connectivity index (χ3n) is 6.91. The van der Waals surface area contributed by atoms with Gasteiger partial charge in [0, 0.05) is 6.54 Å². The summed E-state index contributed by atoms with van der Waals surface area (Å²) in [7, 11) is 0. The van der Waals surface area contributed by atoms with Crippen molar-refractivity contribution in [2.75, 3.05) is 19.6 Å². The van der Waals surface area contributed by atoms with Crippen LogP contribution in [-0.4, -0.2) is 35.6 Å². The number of aliphatic carboxylic acids is 1. The molecule has 1 aliphatic rings. The molecule has 3 aromatic carbocycles. The average Bonchev–Trinajstić information content (AvgIpc) is 2.87. The number of carboxylic acids is 1. The first-order valence-corrected chi connectivity index (χ1v) is 12.4. The average molecular weight is 458 g/mol. The maximum Gasteiger partial charge on any atom is 0.304 e. The van der Waals surface area contributed by atoms with Crippen molar-refractivity contribution in [3.8, 4) is 16.9 Å². The Bertz CT molecular complexity index is 1080. The van der Waals surface area contributed by atoms with E-state index in [-0.39, 0.29) is 6.42 Å². The standard InChI is InChI=1S/C30H35NO3/c1-3-24-20-28(12-13-29(24)27-8-4-22(2)5-9-27)34-21-23-6-10-25(11-7-23)26-14-17-31(18-15-26)19-16-30(32)33/h4-13,20,26H,3,14-19,21H2,1-2H3,(H,32,33). The molecule has 1 N–H and O–H groups in total. The summed E-state index contributed by atoms with van der Waals surface area (Å²) in [6, 6.07) is 23.9. The zero-order valence-corrected chi connectivity index (χ0v) is 20.3. The summed E-state index contributed by atoms with van der Waals surface area (Å²) in [5.74, 6) is 0.746.